The van der Waals surface area contributed by atoms with Crippen LogP contribution in [0, 0.1) is 116 Å². The van der Waals surface area contributed by atoms with Crippen molar-refractivity contribution in [2.24, 2.45) is 49.9 Å². The van der Waals surface area contributed by atoms with Crippen molar-refractivity contribution in [2.75, 3.05) is 0 Å². The highest BCUT2D eigenvalue weighted by molar-refractivity contribution is 5.98. The first-order chi connectivity index (χ1) is 51.9. The predicted octanol–water partition coefficient (Wildman–Crippen LogP) is 25.9. The van der Waals surface area contributed by atoms with Gasteiger partial charge in [0.1, 0.15) is 39.8 Å². The third kappa shape index (κ3) is 17.4. The summed E-state index contributed by atoms with van der Waals surface area (Å²) in [5.74, 6) is 1.38. The van der Waals surface area contributed by atoms with Crippen molar-refractivity contribution in [3.63, 3.8) is 0 Å². The zero-order chi connectivity index (χ0) is 80.7. The summed E-state index contributed by atoms with van der Waals surface area (Å²) < 4.78 is 38.8. The molecule has 4 heterocycles. The average molecular weight is 1490 g/mol. The van der Waals surface area contributed by atoms with E-state index in [9.17, 15) is 4.39 Å². The highest BCUT2D eigenvalue weighted by Crippen LogP contribution is 2.51. The van der Waals surface area contributed by atoms with E-state index in [1.807, 2.05) is 53.8 Å². The Morgan fingerprint density at radius 1 is 0.306 bits per heavy atom. The van der Waals surface area contributed by atoms with Crippen molar-refractivity contribution >= 4 is 43.1 Å². The van der Waals surface area contributed by atoms with E-state index in [0.717, 1.165) is 93.4 Å². The van der Waals surface area contributed by atoms with Crippen LogP contribution in [0.2, 0.25) is 0 Å². The molecule has 4 aromatic heterocycles. The number of benzene rings is 8. The Hall–Kier alpha value is -8.74. The van der Waals surface area contributed by atoms with E-state index in [1.165, 1.54) is 156 Å². The van der Waals surface area contributed by atoms with Gasteiger partial charge in [0.2, 0.25) is 22.8 Å². The van der Waals surface area contributed by atoms with Crippen molar-refractivity contribution in [2.45, 2.75) is 249 Å². The molecule has 0 spiro atoms. The summed E-state index contributed by atoms with van der Waals surface area (Å²) in [6.45, 7) is 52.5. The van der Waals surface area contributed by atoms with Crippen LogP contribution in [0.25, 0.3) is 88.1 Å². The molecule has 16 rings (SSSR count). The molecule has 1 fully saturated rings. The van der Waals surface area contributed by atoms with Crippen LogP contribution in [0.3, 0.4) is 0 Å². The number of nitrogens with zero attached hydrogens (tertiary/aromatic N) is 4. The van der Waals surface area contributed by atoms with Crippen molar-refractivity contribution in [3.05, 3.63) is 257 Å². The second-order valence-corrected chi connectivity index (χ2v) is 39.2. The predicted molar refractivity (Wildman–Crippen MR) is 468 cm³/mol. The second-order valence-electron chi connectivity index (χ2n) is 39.2. The molecule has 0 aliphatic heterocycles. The minimum Gasteiger partial charge on any atom is -0.206 e. The summed E-state index contributed by atoms with van der Waals surface area (Å²) >= 11 is 0. The molecule has 0 amide bonds. The molecule has 0 saturated heterocycles. The van der Waals surface area contributed by atoms with Gasteiger partial charge in [0, 0.05) is 52.0 Å². The summed E-state index contributed by atoms with van der Waals surface area (Å²) in [4.78, 5) is 0. The number of hydrogen-bond donors (Lipinski definition) is 0. The SMILES string of the molecule is Cc1cc(-c2c3ccc(CC(C)(C)C)cc3cc(C)[n+]2C)c(C)c(C)c1F.Cc1cc(C)c(F)c(-c2c3ccc(CC(C)(C)C)cc3cc(C)[n+]2C)c1C.Cc1cc2c(cc1-c1c3ccc(CC(C)(C)C)cc3cc(C)[n+]1C)C1CCC2CC1.Cc1cc2c(cc1-c1c3ccc(CC(C)(C)C)cc3cc(C)[n+]1C)CCC2. The Balaban J connectivity index is 0.000000138. The maximum absolute atomic E-state index is 15.3. The summed E-state index contributed by atoms with van der Waals surface area (Å²) in [7, 11) is 8.57. The molecule has 8 aromatic carbocycles. The van der Waals surface area contributed by atoms with E-state index in [0.29, 0.717) is 22.0 Å². The van der Waals surface area contributed by atoms with E-state index >= 15 is 4.39 Å². The fourth-order valence-corrected chi connectivity index (χ4v) is 18.7. The molecule has 4 aliphatic carbocycles. The van der Waals surface area contributed by atoms with E-state index in [-0.39, 0.29) is 22.5 Å². The summed E-state index contributed by atoms with van der Waals surface area (Å²) in [6.07, 6.45) is 13.6. The van der Waals surface area contributed by atoms with Gasteiger partial charge in [0.05, 0.1) is 43.8 Å². The molecule has 6 heteroatoms. The molecule has 111 heavy (non-hydrogen) atoms. The fourth-order valence-electron chi connectivity index (χ4n) is 18.7. The number of fused-ring (bicyclic) bond motifs is 7. The molecule has 1 saturated carbocycles. The zero-order valence-corrected chi connectivity index (χ0v) is 73.2. The number of aryl methyl sites for hydroxylation is 11. The van der Waals surface area contributed by atoms with Gasteiger partial charge in [0.15, 0.2) is 22.8 Å². The minimum absolute atomic E-state index is 0.0941. The molecule has 4 nitrogen and oxygen atoms in total. The van der Waals surface area contributed by atoms with Crippen LogP contribution in [0.15, 0.2) is 133 Å². The maximum Gasteiger partial charge on any atom is 0.223 e. The summed E-state index contributed by atoms with van der Waals surface area (Å²) in [5, 5.41) is 10.2. The Morgan fingerprint density at radius 2 is 0.631 bits per heavy atom. The van der Waals surface area contributed by atoms with Gasteiger partial charge < -0.3 is 0 Å². The van der Waals surface area contributed by atoms with Crippen LogP contribution in [0.4, 0.5) is 8.78 Å². The summed E-state index contributed by atoms with van der Waals surface area (Å²) in [6, 6.07) is 50.7. The lowest BCUT2D eigenvalue weighted by molar-refractivity contribution is -0.665. The maximum atomic E-state index is 15.3. The third-order valence-corrected chi connectivity index (χ3v) is 24.8. The van der Waals surface area contributed by atoms with Gasteiger partial charge in [-0.1, -0.05) is 150 Å². The molecule has 2 bridgehead atoms. The van der Waals surface area contributed by atoms with Crippen LogP contribution >= 0.6 is 0 Å². The van der Waals surface area contributed by atoms with Gasteiger partial charge in [-0.15, -0.1) is 0 Å². The lowest BCUT2D eigenvalue weighted by Crippen LogP contribution is -2.35. The fraction of sp³-hybridized carbons (Fsp3) is 0.429. The van der Waals surface area contributed by atoms with Crippen LogP contribution in [0.5, 0.6) is 0 Å². The largest absolute Gasteiger partial charge is 0.223 e. The average Bonchev–Trinajstić information content (AvgIpc) is 0.909. The van der Waals surface area contributed by atoms with Crippen molar-refractivity contribution in [3.8, 4) is 45.0 Å². The molecule has 0 atom stereocenters. The topological polar surface area (TPSA) is 15.5 Å². The Kier molecular flexibility index (Phi) is 23.1. The smallest absolute Gasteiger partial charge is 0.206 e. The summed E-state index contributed by atoms with van der Waals surface area (Å²) in [5.41, 5.74) is 35.7. The molecule has 0 radical (unpaired) electrons. The second kappa shape index (κ2) is 31.3. The van der Waals surface area contributed by atoms with Crippen molar-refractivity contribution in [1.82, 2.24) is 0 Å². The molecule has 580 valence electrons. The van der Waals surface area contributed by atoms with Crippen LogP contribution in [0.1, 0.15) is 239 Å². The number of pyridine rings is 4. The highest BCUT2D eigenvalue weighted by Gasteiger charge is 2.36. The molecule has 4 aliphatic rings. The first kappa shape index (κ1) is 81.7. The lowest BCUT2D eigenvalue weighted by atomic mass is 9.66. The molecular weight excluding hydrogens is 1360 g/mol. The van der Waals surface area contributed by atoms with Gasteiger partial charge in [-0.2, -0.15) is 18.3 Å². The van der Waals surface area contributed by atoms with Crippen molar-refractivity contribution < 1.29 is 27.0 Å². The number of hydrogen-bond acceptors (Lipinski definition) is 0. The van der Waals surface area contributed by atoms with Crippen LogP contribution in [-0.2, 0) is 66.7 Å². The Morgan fingerprint density at radius 3 is 1.02 bits per heavy atom. The van der Waals surface area contributed by atoms with Gasteiger partial charge >= 0.3 is 0 Å². The first-order valence-electron chi connectivity index (χ1n) is 41.4. The number of aromatic nitrogens is 4. The molecule has 0 unspecified atom stereocenters. The minimum atomic E-state index is -0.112. The number of rotatable bonds is 8. The van der Waals surface area contributed by atoms with E-state index in [2.05, 4.69) is 292 Å². The first-order valence-corrected chi connectivity index (χ1v) is 41.4. The number of halogens is 2. The highest BCUT2D eigenvalue weighted by atomic mass is 19.1. The van der Waals surface area contributed by atoms with Crippen LogP contribution < -0.4 is 18.3 Å². The van der Waals surface area contributed by atoms with E-state index in [1.54, 1.807) is 22.3 Å². The zero-order valence-electron chi connectivity index (χ0n) is 73.2. The molecule has 12 aromatic rings. The van der Waals surface area contributed by atoms with Crippen LogP contribution in [-0.4, -0.2) is 0 Å². The standard InChI is InChI=1S/C29H36N.C26H32N.2C25H31FN/c1-18-13-26-21-8-10-22(11-9-21)27(26)16-25(18)28-24-12-7-20(17-29(3,4)5)15-23(24)14-19(2)30(28)6;1-17-12-20-8-7-9-21(20)15-24(17)25-23-11-10-19(16-26(3,4)5)14-22(23)13-18(2)27(25)6;1-15-11-22(17(3)18(4)23(15)26)24-21-10-9-19(14-25(5,6)7)13-20(21)12-16(2)27(24)8;1-15-11-16(2)23(26)22(18(15)4)24-21-10-9-19(14-25(5,6)7)13-20(21)12-17(3)27(24)8/h7,12-16,21-22H,8-11,17H2,1-6H3;10-15H,7-9,16H2,1-6H3;2*9-13H,14H2,1-8H3/q4*+1. The van der Waals surface area contributed by atoms with Gasteiger partial charge in [-0.05, 0) is 313 Å². The van der Waals surface area contributed by atoms with Gasteiger partial charge in [-0.3, -0.25) is 0 Å². The third-order valence-electron chi connectivity index (χ3n) is 24.8. The lowest BCUT2D eigenvalue weighted by Gasteiger charge is -2.38. The van der Waals surface area contributed by atoms with E-state index < -0.39 is 0 Å². The Bertz CT molecular complexity index is 5620. The normalized spacial score (nSPS) is 14.8. The quantitative estimate of drug-likeness (QED) is 0.135. The molecule has 0 N–H and O–H groups in total. The van der Waals surface area contributed by atoms with Crippen molar-refractivity contribution in [1.29, 1.82) is 0 Å². The van der Waals surface area contributed by atoms with Gasteiger partial charge in [-0.25, -0.2) is 8.78 Å². The van der Waals surface area contributed by atoms with Gasteiger partial charge in [0.25, 0.3) is 0 Å². The Labute approximate surface area is 666 Å². The molecular formula is C105H130F2N4+4. The van der Waals surface area contributed by atoms with E-state index in [4.69, 9.17) is 0 Å². The monoisotopic (exact) mass is 1490 g/mol.